The molecule has 2 rings (SSSR count). The van der Waals surface area contributed by atoms with Crippen molar-refractivity contribution in [1.82, 2.24) is 4.98 Å². The summed E-state index contributed by atoms with van der Waals surface area (Å²) in [5.41, 5.74) is 0. The van der Waals surface area contributed by atoms with E-state index in [1.807, 2.05) is 6.20 Å². The average molecular weight is 263 g/mol. The van der Waals surface area contributed by atoms with E-state index in [-0.39, 0.29) is 0 Å². The fourth-order valence-corrected chi connectivity index (χ4v) is 2.57. The summed E-state index contributed by atoms with van der Waals surface area (Å²) in [6, 6.07) is 0.415. The quantitative estimate of drug-likeness (QED) is 0.890. The van der Waals surface area contributed by atoms with Crippen molar-refractivity contribution in [2.75, 3.05) is 11.9 Å². The number of thiazole rings is 1. The number of aromatic nitrogens is 1. The first kappa shape index (κ1) is 9.43. The van der Waals surface area contributed by atoms with Gasteiger partial charge in [0.2, 0.25) is 0 Å². The van der Waals surface area contributed by atoms with E-state index in [2.05, 4.69) is 33.2 Å². The molecule has 1 N–H and O–H groups in total. The van der Waals surface area contributed by atoms with Crippen LogP contribution in [0.25, 0.3) is 0 Å². The van der Waals surface area contributed by atoms with E-state index in [1.165, 1.54) is 0 Å². The molecule has 0 spiro atoms. The molecule has 72 valence electrons. The van der Waals surface area contributed by atoms with E-state index in [1.54, 1.807) is 11.3 Å². The van der Waals surface area contributed by atoms with Crippen LogP contribution in [-0.4, -0.2) is 23.7 Å². The van der Waals surface area contributed by atoms with Gasteiger partial charge in [-0.05, 0) is 29.3 Å². The van der Waals surface area contributed by atoms with E-state index >= 15 is 0 Å². The summed E-state index contributed by atoms with van der Waals surface area (Å²) < 4.78 is 6.50. The van der Waals surface area contributed by atoms with Gasteiger partial charge in [-0.1, -0.05) is 11.3 Å². The topological polar surface area (TPSA) is 34.1 Å². The molecule has 0 bridgehead atoms. The Hall–Kier alpha value is -0.130. The zero-order chi connectivity index (χ0) is 9.26. The van der Waals surface area contributed by atoms with Crippen molar-refractivity contribution in [1.29, 1.82) is 0 Å². The first-order chi connectivity index (χ1) is 6.25. The summed E-state index contributed by atoms with van der Waals surface area (Å²) in [5.74, 6) is 0. The Morgan fingerprint density at radius 2 is 2.62 bits per heavy atom. The predicted octanol–water partition coefficient (Wildman–Crippen LogP) is 2.49. The van der Waals surface area contributed by atoms with Gasteiger partial charge in [-0.15, -0.1) is 0 Å². The Morgan fingerprint density at radius 3 is 3.15 bits per heavy atom. The molecule has 5 heteroatoms. The maximum atomic E-state index is 5.45. The van der Waals surface area contributed by atoms with Crippen LogP contribution < -0.4 is 5.32 Å². The highest BCUT2D eigenvalue weighted by atomic mass is 79.9. The Bertz CT molecular complexity index is 291. The van der Waals surface area contributed by atoms with Crippen LogP contribution in [0.2, 0.25) is 0 Å². The molecule has 1 aromatic heterocycles. The third kappa shape index (κ3) is 2.21. The van der Waals surface area contributed by atoms with Crippen LogP contribution in [0, 0.1) is 0 Å². The Kier molecular flexibility index (Phi) is 2.86. The van der Waals surface area contributed by atoms with Gasteiger partial charge in [0.25, 0.3) is 0 Å². The molecule has 0 amide bonds. The molecular formula is C8H11BrN2OS. The molecule has 1 aliphatic rings. The minimum atomic E-state index is 0.294. The molecule has 1 fully saturated rings. The number of ether oxygens (including phenoxy) is 1. The van der Waals surface area contributed by atoms with Gasteiger partial charge in [-0.25, -0.2) is 4.98 Å². The van der Waals surface area contributed by atoms with E-state index < -0.39 is 0 Å². The lowest BCUT2D eigenvalue weighted by molar-refractivity contribution is 0.121. The van der Waals surface area contributed by atoms with Gasteiger partial charge in [0, 0.05) is 6.61 Å². The summed E-state index contributed by atoms with van der Waals surface area (Å²) in [7, 11) is 0. The van der Waals surface area contributed by atoms with Crippen LogP contribution in [0.1, 0.15) is 13.3 Å². The molecule has 13 heavy (non-hydrogen) atoms. The van der Waals surface area contributed by atoms with Crippen molar-refractivity contribution in [2.45, 2.75) is 25.5 Å². The molecule has 0 saturated carbocycles. The van der Waals surface area contributed by atoms with E-state index in [4.69, 9.17) is 4.74 Å². The standard InChI is InChI=1S/C8H11BrN2OS/c1-5-6(2-3-12-5)11-8-10-4-7(9)13-8/h4-6H,2-3H2,1H3,(H,10,11). The molecule has 1 saturated heterocycles. The number of halogens is 1. The normalized spacial score (nSPS) is 27.8. The third-order valence-electron chi connectivity index (χ3n) is 2.16. The summed E-state index contributed by atoms with van der Waals surface area (Å²) >= 11 is 5.00. The summed E-state index contributed by atoms with van der Waals surface area (Å²) in [6.07, 6.45) is 3.17. The number of rotatable bonds is 2. The molecule has 1 aromatic rings. The smallest absolute Gasteiger partial charge is 0.184 e. The van der Waals surface area contributed by atoms with E-state index in [0.717, 1.165) is 21.9 Å². The first-order valence-corrected chi connectivity index (χ1v) is 5.86. The minimum Gasteiger partial charge on any atom is -0.376 e. The number of nitrogens with zero attached hydrogens (tertiary/aromatic N) is 1. The molecule has 0 radical (unpaired) electrons. The van der Waals surface area contributed by atoms with Crippen molar-refractivity contribution >= 4 is 32.4 Å². The van der Waals surface area contributed by atoms with Gasteiger partial charge in [-0.3, -0.25) is 0 Å². The largest absolute Gasteiger partial charge is 0.376 e. The molecule has 1 aliphatic heterocycles. The highest BCUT2D eigenvalue weighted by Crippen LogP contribution is 2.26. The van der Waals surface area contributed by atoms with Crippen molar-refractivity contribution in [2.24, 2.45) is 0 Å². The second-order valence-corrected chi connectivity index (χ2v) is 5.49. The minimum absolute atomic E-state index is 0.294. The first-order valence-electron chi connectivity index (χ1n) is 4.25. The van der Waals surface area contributed by atoms with E-state index in [0.29, 0.717) is 12.1 Å². The van der Waals surface area contributed by atoms with Crippen molar-refractivity contribution in [3.63, 3.8) is 0 Å². The fraction of sp³-hybridized carbons (Fsp3) is 0.625. The van der Waals surface area contributed by atoms with Crippen LogP contribution in [0.15, 0.2) is 9.98 Å². The summed E-state index contributed by atoms with van der Waals surface area (Å²) in [4.78, 5) is 4.22. The maximum absolute atomic E-state index is 5.45. The van der Waals surface area contributed by atoms with Gasteiger partial charge >= 0.3 is 0 Å². The van der Waals surface area contributed by atoms with Gasteiger partial charge in [0.15, 0.2) is 5.13 Å². The SMILES string of the molecule is CC1OCCC1Nc1ncc(Br)s1. The summed E-state index contributed by atoms with van der Waals surface area (Å²) in [5, 5.41) is 4.33. The van der Waals surface area contributed by atoms with Gasteiger partial charge in [0.05, 0.1) is 22.1 Å². The van der Waals surface area contributed by atoms with E-state index in [9.17, 15) is 0 Å². The second kappa shape index (κ2) is 3.94. The fourth-order valence-electron chi connectivity index (χ4n) is 1.40. The molecule has 3 nitrogen and oxygen atoms in total. The lowest BCUT2D eigenvalue weighted by atomic mass is 10.2. The highest BCUT2D eigenvalue weighted by molar-refractivity contribution is 9.11. The average Bonchev–Trinajstić information content (AvgIpc) is 2.64. The van der Waals surface area contributed by atoms with Gasteiger partial charge in [0.1, 0.15) is 0 Å². The molecule has 2 heterocycles. The third-order valence-corrected chi connectivity index (χ3v) is 3.57. The van der Waals surface area contributed by atoms with Crippen LogP contribution in [0.3, 0.4) is 0 Å². The number of anilines is 1. The highest BCUT2D eigenvalue weighted by Gasteiger charge is 2.24. The van der Waals surface area contributed by atoms with Crippen LogP contribution in [0.4, 0.5) is 5.13 Å². The van der Waals surface area contributed by atoms with Crippen molar-refractivity contribution in [3.8, 4) is 0 Å². The molecule has 2 atom stereocenters. The zero-order valence-corrected chi connectivity index (χ0v) is 9.69. The second-order valence-electron chi connectivity index (χ2n) is 3.08. The summed E-state index contributed by atoms with van der Waals surface area (Å²) in [6.45, 7) is 2.94. The maximum Gasteiger partial charge on any atom is 0.184 e. The Labute approximate surface area is 89.6 Å². The van der Waals surface area contributed by atoms with Gasteiger partial charge in [-0.2, -0.15) is 0 Å². The lowest BCUT2D eigenvalue weighted by Crippen LogP contribution is -2.26. The predicted molar refractivity (Wildman–Crippen MR) is 57.3 cm³/mol. The molecular weight excluding hydrogens is 252 g/mol. The number of hydrogen-bond acceptors (Lipinski definition) is 4. The number of nitrogens with one attached hydrogen (secondary N) is 1. The monoisotopic (exact) mass is 262 g/mol. The van der Waals surface area contributed by atoms with Crippen molar-refractivity contribution in [3.05, 3.63) is 9.98 Å². The lowest BCUT2D eigenvalue weighted by Gasteiger charge is -2.14. The Balaban J connectivity index is 1.97. The molecule has 0 aromatic carbocycles. The van der Waals surface area contributed by atoms with Gasteiger partial charge < -0.3 is 10.1 Å². The molecule has 2 unspecified atom stereocenters. The molecule has 0 aliphatic carbocycles. The Morgan fingerprint density at radius 1 is 1.77 bits per heavy atom. The van der Waals surface area contributed by atoms with Crippen LogP contribution in [-0.2, 0) is 4.74 Å². The van der Waals surface area contributed by atoms with Crippen LogP contribution in [0.5, 0.6) is 0 Å². The number of hydrogen-bond donors (Lipinski definition) is 1. The van der Waals surface area contributed by atoms with Crippen molar-refractivity contribution < 1.29 is 4.74 Å². The van der Waals surface area contributed by atoms with Crippen LogP contribution >= 0.6 is 27.3 Å². The zero-order valence-electron chi connectivity index (χ0n) is 7.29.